The van der Waals surface area contributed by atoms with Crippen molar-refractivity contribution in [2.45, 2.75) is 32.2 Å². The number of benzene rings is 2. The van der Waals surface area contributed by atoms with E-state index in [2.05, 4.69) is 14.9 Å². The third-order valence-corrected chi connectivity index (χ3v) is 5.59. The van der Waals surface area contributed by atoms with E-state index in [9.17, 15) is 8.78 Å². The van der Waals surface area contributed by atoms with E-state index in [1.54, 1.807) is 0 Å². The van der Waals surface area contributed by atoms with Gasteiger partial charge in [0.25, 0.3) is 0 Å². The van der Waals surface area contributed by atoms with Crippen LogP contribution in [0.4, 0.5) is 8.78 Å². The Morgan fingerprint density at radius 2 is 1.97 bits per heavy atom. The van der Waals surface area contributed by atoms with Crippen LogP contribution in [0.1, 0.15) is 36.1 Å². The van der Waals surface area contributed by atoms with Crippen molar-refractivity contribution in [1.29, 1.82) is 0 Å². The minimum atomic E-state index is -0.684. The molecular formula is C23H21F2N3O2. The summed E-state index contributed by atoms with van der Waals surface area (Å²) in [4.78, 5) is 11.4. The first-order chi connectivity index (χ1) is 14.6. The van der Waals surface area contributed by atoms with E-state index in [1.807, 2.05) is 31.2 Å². The summed E-state index contributed by atoms with van der Waals surface area (Å²) in [6.07, 6.45) is 2.05. The SMILES string of the molecule is Cc1oc(-c2ccc(F)cc2F)nc1CN1CCCC(c2nc3ccccc3o2)C1. The highest BCUT2D eigenvalue weighted by atomic mass is 19.1. The molecule has 5 nitrogen and oxygen atoms in total. The molecule has 1 saturated heterocycles. The number of piperidine rings is 1. The first-order valence-corrected chi connectivity index (χ1v) is 10.1. The van der Waals surface area contributed by atoms with E-state index in [1.165, 1.54) is 12.1 Å². The Labute approximate surface area is 172 Å². The van der Waals surface area contributed by atoms with Gasteiger partial charge in [-0.15, -0.1) is 0 Å². The molecule has 0 saturated carbocycles. The highest BCUT2D eigenvalue weighted by Gasteiger charge is 2.27. The van der Waals surface area contributed by atoms with Crippen molar-refractivity contribution < 1.29 is 17.6 Å². The lowest BCUT2D eigenvalue weighted by atomic mass is 9.98. The summed E-state index contributed by atoms with van der Waals surface area (Å²) in [7, 11) is 0. The number of halogens is 2. The smallest absolute Gasteiger partial charge is 0.229 e. The number of aromatic nitrogens is 2. The fourth-order valence-corrected chi connectivity index (χ4v) is 4.03. The summed E-state index contributed by atoms with van der Waals surface area (Å²) in [6.45, 7) is 4.15. The van der Waals surface area contributed by atoms with Gasteiger partial charge in [0.15, 0.2) is 11.5 Å². The van der Waals surface area contributed by atoms with Crippen molar-refractivity contribution in [3.8, 4) is 11.5 Å². The normalized spacial score (nSPS) is 17.6. The summed E-state index contributed by atoms with van der Waals surface area (Å²) in [5.41, 5.74) is 2.60. The monoisotopic (exact) mass is 409 g/mol. The fraction of sp³-hybridized carbons (Fsp3) is 0.304. The zero-order chi connectivity index (χ0) is 20.7. The Kier molecular flexibility index (Phi) is 4.83. The van der Waals surface area contributed by atoms with Crippen LogP contribution in [-0.4, -0.2) is 28.0 Å². The largest absolute Gasteiger partial charge is 0.441 e. The molecule has 2 aromatic carbocycles. The first kappa shape index (κ1) is 18.9. The van der Waals surface area contributed by atoms with Gasteiger partial charge in [0, 0.05) is 25.1 Å². The number of nitrogens with zero attached hydrogens (tertiary/aromatic N) is 3. The lowest BCUT2D eigenvalue weighted by Gasteiger charge is -2.30. The van der Waals surface area contributed by atoms with Crippen LogP contribution >= 0.6 is 0 Å². The van der Waals surface area contributed by atoms with E-state index >= 15 is 0 Å². The standard InChI is InChI=1S/C23H21F2N3O2/c1-14-20(27-23(29-14)17-9-8-16(24)11-18(17)25)13-28-10-4-5-15(12-28)22-26-19-6-2-3-7-21(19)30-22/h2-3,6-9,11,15H,4-5,10,12-13H2,1H3. The molecule has 2 aromatic heterocycles. The maximum absolute atomic E-state index is 14.1. The molecule has 30 heavy (non-hydrogen) atoms. The molecule has 0 amide bonds. The second-order valence-corrected chi connectivity index (χ2v) is 7.74. The Morgan fingerprint density at radius 3 is 2.80 bits per heavy atom. The molecule has 1 fully saturated rings. The van der Waals surface area contributed by atoms with Crippen molar-refractivity contribution in [3.05, 3.63) is 71.4 Å². The molecule has 1 aliphatic rings. The summed E-state index contributed by atoms with van der Waals surface area (Å²) in [5.74, 6) is 0.486. The van der Waals surface area contributed by atoms with Crippen molar-refractivity contribution in [3.63, 3.8) is 0 Å². The molecule has 7 heteroatoms. The molecular weight excluding hydrogens is 388 g/mol. The first-order valence-electron chi connectivity index (χ1n) is 10.1. The lowest BCUT2D eigenvalue weighted by Crippen LogP contribution is -2.34. The molecule has 4 aromatic rings. The van der Waals surface area contributed by atoms with E-state index in [4.69, 9.17) is 8.83 Å². The molecule has 0 aliphatic carbocycles. The molecule has 154 valence electrons. The summed E-state index contributed by atoms with van der Waals surface area (Å²) in [6, 6.07) is 11.2. The van der Waals surface area contributed by atoms with Crippen LogP contribution in [0.15, 0.2) is 51.3 Å². The van der Waals surface area contributed by atoms with Gasteiger partial charge in [-0.25, -0.2) is 18.7 Å². The maximum atomic E-state index is 14.1. The summed E-state index contributed by atoms with van der Waals surface area (Å²) in [5, 5.41) is 0. The number of rotatable bonds is 4. The molecule has 0 spiro atoms. The molecule has 1 atom stereocenters. The highest BCUT2D eigenvalue weighted by Crippen LogP contribution is 2.31. The van der Waals surface area contributed by atoms with Crippen molar-refractivity contribution in [2.75, 3.05) is 13.1 Å². The van der Waals surface area contributed by atoms with Crippen LogP contribution in [0.2, 0.25) is 0 Å². The lowest BCUT2D eigenvalue weighted by molar-refractivity contribution is 0.185. The minimum absolute atomic E-state index is 0.161. The summed E-state index contributed by atoms with van der Waals surface area (Å²) >= 11 is 0. The molecule has 0 bridgehead atoms. The van der Waals surface area contributed by atoms with Gasteiger partial charge >= 0.3 is 0 Å². The zero-order valence-electron chi connectivity index (χ0n) is 16.6. The second-order valence-electron chi connectivity index (χ2n) is 7.74. The van der Waals surface area contributed by atoms with Crippen molar-refractivity contribution >= 4 is 11.1 Å². The maximum Gasteiger partial charge on any atom is 0.229 e. The quantitative estimate of drug-likeness (QED) is 0.449. The average Bonchev–Trinajstić information content (AvgIpc) is 3.32. The van der Waals surface area contributed by atoms with Crippen LogP contribution in [-0.2, 0) is 6.54 Å². The number of hydrogen-bond acceptors (Lipinski definition) is 5. The predicted molar refractivity (Wildman–Crippen MR) is 108 cm³/mol. The highest BCUT2D eigenvalue weighted by molar-refractivity contribution is 5.72. The average molecular weight is 409 g/mol. The Morgan fingerprint density at radius 1 is 1.10 bits per heavy atom. The Balaban J connectivity index is 1.33. The molecule has 0 radical (unpaired) electrons. The summed E-state index contributed by atoms with van der Waals surface area (Å²) < 4.78 is 38.9. The van der Waals surface area contributed by atoms with Gasteiger partial charge in [-0.05, 0) is 50.6 Å². The van der Waals surface area contributed by atoms with E-state index < -0.39 is 11.6 Å². The Hall–Kier alpha value is -3.06. The molecule has 1 unspecified atom stereocenters. The van der Waals surface area contributed by atoms with Crippen molar-refractivity contribution in [1.82, 2.24) is 14.9 Å². The van der Waals surface area contributed by atoms with Crippen molar-refractivity contribution in [2.24, 2.45) is 0 Å². The number of oxazole rings is 2. The number of aryl methyl sites for hydroxylation is 1. The van der Waals surface area contributed by atoms with Crippen LogP contribution in [0, 0.1) is 18.6 Å². The number of para-hydroxylation sites is 2. The van der Waals surface area contributed by atoms with Gasteiger partial charge in [0.05, 0.1) is 11.3 Å². The van der Waals surface area contributed by atoms with Gasteiger partial charge in [0.1, 0.15) is 22.9 Å². The number of likely N-dealkylation sites (tertiary alicyclic amines) is 1. The van der Waals surface area contributed by atoms with Gasteiger partial charge in [-0.2, -0.15) is 0 Å². The zero-order valence-corrected chi connectivity index (χ0v) is 16.6. The van der Waals surface area contributed by atoms with Gasteiger partial charge in [-0.3, -0.25) is 4.90 Å². The predicted octanol–water partition coefficient (Wildman–Crippen LogP) is 5.45. The second kappa shape index (κ2) is 7.65. The fourth-order valence-electron chi connectivity index (χ4n) is 4.03. The van der Waals surface area contributed by atoms with E-state index in [0.717, 1.165) is 54.7 Å². The van der Waals surface area contributed by atoms with Gasteiger partial charge < -0.3 is 8.83 Å². The molecule has 3 heterocycles. The van der Waals surface area contributed by atoms with E-state index in [-0.39, 0.29) is 17.4 Å². The Bertz CT molecular complexity index is 1170. The van der Waals surface area contributed by atoms with Crippen LogP contribution in [0.5, 0.6) is 0 Å². The molecule has 0 N–H and O–H groups in total. The third-order valence-electron chi connectivity index (χ3n) is 5.59. The van der Waals surface area contributed by atoms with E-state index in [0.29, 0.717) is 12.3 Å². The van der Waals surface area contributed by atoms with Gasteiger partial charge in [-0.1, -0.05) is 12.1 Å². The van der Waals surface area contributed by atoms with Crippen LogP contribution in [0.25, 0.3) is 22.6 Å². The number of fused-ring (bicyclic) bond motifs is 1. The minimum Gasteiger partial charge on any atom is -0.441 e. The van der Waals surface area contributed by atoms with Crippen LogP contribution in [0.3, 0.4) is 0 Å². The van der Waals surface area contributed by atoms with Gasteiger partial charge in [0.2, 0.25) is 5.89 Å². The molecule has 1 aliphatic heterocycles. The number of hydrogen-bond donors (Lipinski definition) is 0. The van der Waals surface area contributed by atoms with Crippen LogP contribution < -0.4 is 0 Å². The third kappa shape index (κ3) is 3.61. The molecule has 5 rings (SSSR count). The topological polar surface area (TPSA) is 55.3 Å².